The number of nitrogens with one attached hydrogen (secondary N) is 2. The first-order valence-corrected chi connectivity index (χ1v) is 5.61. The van der Waals surface area contributed by atoms with Crippen LogP contribution in [0.5, 0.6) is 5.75 Å². The summed E-state index contributed by atoms with van der Waals surface area (Å²) >= 11 is 6.01. The van der Waals surface area contributed by atoms with Crippen LogP contribution in [0, 0.1) is 6.92 Å². The van der Waals surface area contributed by atoms with E-state index in [-0.39, 0.29) is 0 Å². The number of benzene rings is 1. The average molecular weight is 252 g/mol. The molecular weight excluding hydrogens is 238 g/mol. The van der Waals surface area contributed by atoms with Crippen LogP contribution in [0.2, 0.25) is 5.02 Å². The van der Waals surface area contributed by atoms with Gasteiger partial charge in [0.25, 0.3) is 0 Å². The quantitative estimate of drug-likeness (QED) is 0.881. The fraction of sp³-hybridized carbons (Fsp3) is 0.250. The predicted octanol–water partition coefficient (Wildman–Crippen LogP) is 3.09. The Balaban J connectivity index is 2.62. The van der Waals surface area contributed by atoms with Crippen molar-refractivity contribution in [2.45, 2.75) is 6.92 Å². The van der Waals surface area contributed by atoms with Gasteiger partial charge in [0.05, 0.1) is 18.5 Å². The van der Waals surface area contributed by atoms with Crippen molar-refractivity contribution in [3.8, 4) is 17.0 Å². The molecule has 2 aromatic rings. The van der Waals surface area contributed by atoms with E-state index in [1.165, 1.54) is 0 Å². The van der Waals surface area contributed by atoms with Gasteiger partial charge in [-0.3, -0.25) is 5.10 Å². The number of hydrogen-bond acceptors (Lipinski definition) is 3. The van der Waals surface area contributed by atoms with E-state index in [4.69, 9.17) is 16.3 Å². The summed E-state index contributed by atoms with van der Waals surface area (Å²) in [5, 5.41) is 11.0. The minimum atomic E-state index is 0.656. The fourth-order valence-corrected chi connectivity index (χ4v) is 1.97. The first kappa shape index (κ1) is 11.8. The molecule has 2 N–H and O–H groups in total. The van der Waals surface area contributed by atoms with Crippen LogP contribution in [-0.2, 0) is 0 Å². The van der Waals surface area contributed by atoms with Crippen LogP contribution in [0.3, 0.4) is 0 Å². The van der Waals surface area contributed by atoms with Gasteiger partial charge in [-0.2, -0.15) is 5.10 Å². The van der Waals surface area contributed by atoms with E-state index >= 15 is 0 Å². The Bertz CT molecular complexity index is 537. The van der Waals surface area contributed by atoms with E-state index < -0.39 is 0 Å². The maximum Gasteiger partial charge on any atom is 0.128 e. The van der Waals surface area contributed by atoms with E-state index in [9.17, 15) is 0 Å². The number of aromatic nitrogens is 2. The minimum absolute atomic E-state index is 0.656. The summed E-state index contributed by atoms with van der Waals surface area (Å²) in [6.45, 7) is 1.96. The molecule has 0 unspecified atom stereocenters. The number of aromatic amines is 1. The van der Waals surface area contributed by atoms with E-state index in [1.807, 2.05) is 26.1 Å². The highest BCUT2D eigenvalue weighted by atomic mass is 35.5. The second-order valence-corrected chi connectivity index (χ2v) is 4.10. The number of anilines is 1. The fourth-order valence-electron chi connectivity index (χ4n) is 1.80. The molecule has 2 rings (SSSR count). The van der Waals surface area contributed by atoms with Gasteiger partial charge >= 0.3 is 0 Å². The predicted molar refractivity (Wildman–Crippen MR) is 69.9 cm³/mol. The third kappa shape index (κ3) is 2.08. The molecule has 0 bridgehead atoms. The standard InChI is InChI=1S/C12H14ClN3O/c1-7-11(14-2)12(16-15-7)9-6-8(13)4-5-10(9)17-3/h4-6,14H,1-3H3,(H,15,16). The molecule has 0 aliphatic carbocycles. The first-order valence-electron chi connectivity index (χ1n) is 5.24. The summed E-state index contributed by atoms with van der Waals surface area (Å²) in [6, 6.07) is 5.47. The molecule has 0 radical (unpaired) electrons. The van der Waals surface area contributed by atoms with Crippen LogP contribution >= 0.6 is 11.6 Å². The molecule has 0 saturated carbocycles. The Morgan fingerprint density at radius 3 is 2.82 bits per heavy atom. The van der Waals surface area contributed by atoms with Gasteiger partial charge in [-0.25, -0.2) is 0 Å². The summed E-state index contributed by atoms with van der Waals surface area (Å²) in [6.07, 6.45) is 0. The summed E-state index contributed by atoms with van der Waals surface area (Å²) < 4.78 is 5.32. The summed E-state index contributed by atoms with van der Waals surface area (Å²) in [5.74, 6) is 0.748. The molecule has 0 fully saturated rings. The molecular formula is C12H14ClN3O. The molecule has 90 valence electrons. The Labute approximate surface area is 105 Å². The summed E-state index contributed by atoms with van der Waals surface area (Å²) in [4.78, 5) is 0. The monoisotopic (exact) mass is 251 g/mol. The van der Waals surface area contributed by atoms with Crippen molar-refractivity contribution in [2.75, 3.05) is 19.5 Å². The molecule has 0 spiro atoms. The minimum Gasteiger partial charge on any atom is -0.496 e. The molecule has 0 atom stereocenters. The van der Waals surface area contributed by atoms with Gasteiger partial charge in [0.2, 0.25) is 0 Å². The summed E-state index contributed by atoms with van der Waals surface area (Å²) in [7, 11) is 3.49. The Morgan fingerprint density at radius 1 is 1.41 bits per heavy atom. The Kier molecular flexibility index (Phi) is 3.24. The van der Waals surface area contributed by atoms with Gasteiger partial charge < -0.3 is 10.1 Å². The average Bonchev–Trinajstić information content (AvgIpc) is 2.70. The van der Waals surface area contributed by atoms with Crippen LogP contribution in [0.1, 0.15) is 5.69 Å². The van der Waals surface area contributed by atoms with Crippen molar-refractivity contribution >= 4 is 17.3 Å². The van der Waals surface area contributed by atoms with Crippen molar-refractivity contribution in [2.24, 2.45) is 0 Å². The van der Waals surface area contributed by atoms with E-state index in [0.29, 0.717) is 5.02 Å². The highest BCUT2D eigenvalue weighted by molar-refractivity contribution is 6.31. The van der Waals surface area contributed by atoms with Crippen LogP contribution in [0.4, 0.5) is 5.69 Å². The third-order valence-electron chi connectivity index (χ3n) is 2.61. The zero-order valence-electron chi connectivity index (χ0n) is 9.97. The molecule has 0 aliphatic rings. The molecule has 0 aliphatic heterocycles. The van der Waals surface area contributed by atoms with E-state index in [2.05, 4.69) is 15.5 Å². The molecule has 0 amide bonds. The van der Waals surface area contributed by atoms with E-state index in [1.54, 1.807) is 13.2 Å². The number of rotatable bonds is 3. The van der Waals surface area contributed by atoms with Crippen LogP contribution in [0.15, 0.2) is 18.2 Å². The lowest BCUT2D eigenvalue weighted by Gasteiger charge is -2.08. The number of halogens is 1. The maximum absolute atomic E-state index is 6.01. The maximum atomic E-state index is 6.01. The van der Waals surface area contributed by atoms with Gasteiger partial charge in [0.15, 0.2) is 0 Å². The molecule has 5 heteroatoms. The number of aryl methyl sites for hydroxylation is 1. The largest absolute Gasteiger partial charge is 0.496 e. The van der Waals surface area contributed by atoms with Crippen molar-refractivity contribution in [1.29, 1.82) is 0 Å². The Hall–Kier alpha value is -1.68. The zero-order valence-corrected chi connectivity index (χ0v) is 10.7. The molecule has 4 nitrogen and oxygen atoms in total. The van der Waals surface area contributed by atoms with Crippen LogP contribution in [0.25, 0.3) is 11.3 Å². The third-order valence-corrected chi connectivity index (χ3v) is 2.85. The normalized spacial score (nSPS) is 10.4. The number of hydrogen-bond donors (Lipinski definition) is 2. The molecule has 1 heterocycles. The van der Waals surface area contributed by atoms with Gasteiger partial charge in [-0.05, 0) is 25.1 Å². The molecule has 1 aromatic carbocycles. The number of methoxy groups -OCH3 is 1. The van der Waals surface area contributed by atoms with Crippen LogP contribution < -0.4 is 10.1 Å². The van der Waals surface area contributed by atoms with Gasteiger partial charge in [0.1, 0.15) is 11.4 Å². The molecule has 17 heavy (non-hydrogen) atoms. The second-order valence-electron chi connectivity index (χ2n) is 3.67. The van der Waals surface area contributed by atoms with E-state index in [0.717, 1.165) is 28.4 Å². The smallest absolute Gasteiger partial charge is 0.128 e. The second kappa shape index (κ2) is 4.67. The number of H-pyrrole nitrogens is 1. The molecule has 0 saturated heterocycles. The van der Waals surface area contributed by atoms with Crippen molar-refractivity contribution in [1.82, 2.24) is 10.2 Å². The van der Waals surface area contributed by atoms with Gasteiger partial charge in [-0.15, -0.1) is 0 Å². The number of ether oxygens (including phenoxy) is 1. The van der Waals surface area contributed by atoms with Gasteiger partial charge in [0, 0.05) is 17.6 Å². The van der Waals surface area contributed by atoms with Crippen molar-refractivity contribution in [3.63, 3.8) is 0 Å². The number of nitrogens with zero attached hydrogens (tertiary/aromatic N) is 1. The summed E-state index contributed by atoms with van der Waals surface area (Å²) in [5.41, 5.74) is 3.60. The SMILES string of the molecule is CNc1c(-c2cc(Cl)ccc2OC)n[nH]c1C. The highest BCUT2D eigenvalue weighted by Gasteiger charge is 2.15. The lowest BCUT2D eigenvalue weighted by atomic mass is 10.1. The van der Waals surface area contributed by atoms with Crippen molar-refractivity contribution < 1.29 is 4.74 Å². The van der Waals surface area contributed by atoms with Crippen LogP contribution in [-0.4, -0.2) is 24.4 Å². The first-order chi connectivity index (χ1) is 8.17. The van der Waals surface area contributed by atoms with Crippen molar-refractivity contribution in [3.05, 3.63) is 28.9 Å². The highest BCUT2D eigenvalue weighted by Crippen LogP contribution is 2.36. The lowest BCUT2D eigenvalue weighted by molar-refractivity contribution is 0.416. The lowest BCUT2D eigenvalue weighted by Crippen LogP contribution is -1.93. The Morgan fingerprint density at radius 2 is 2.18 bits per heavy atom. The topological polar surface area (TPSA) is 49.9 Å². The zero-order chi connectivity index (χ0) is 12.4. The van der Waals surface area contributed by atoms with Gasteiger partial charge in [-0.1, -0.05) is 11.6 Å². The molecule has 1 aromatic heterocycles.